The molecule has 0 saturated carbocycles. The number of halogens is 1. The Labute approximate surface area is 89.0 Å². The Morgan fingerprint density at radius 1 is 1.29 bits per heavy atom. The molecule has 1 aromatic rings. The van der Waals surface area contributed by atoms with Gasteiger partial charge in [0.25, 0.3) is 0 Å². The molecule has 1 aromatic carbocycles. The summed E-state index contributed by atoms with van der Waals surface area (Å²) in [5.74, 6) is -0.0694. The molecule has 14 heavy (non-hydrogen) atoms. The lowest BCUT2D eigenvalue weighted by Gasteiger charge is -2.00. The topological polar surface area (TPSA) is 84.0 Å². The third-order valence-corrected chi connectivity index (χ3v) is 2.72. The summed E-state index contributed by atoms with van der Waals surface area (Å²) in [5.41, 5.74) is 5.73. The van der Waals surface area contributed by atoms with Gasteiger partial charge in [0, 0.05) is 11.8 Å². The largest absolute Gasteiger partial charge is 0.384 e. The van der Waals surface area contributed by atoms with E-state index in [-0.39, 0.29) is 23.1 Å². The first-order valence-electron chi connectivity index (χ1n) is 3.56. The lowest BCUT2D eigenvalue weighted by Crippen LogP contribution is -2.11. The van der Waals surface area contributed by atoms with Gasteiger partial charge in [-0.15, -0.1) is 12.4 Å². The summed E-state index contributed by atoms with van der Waals surface area (Å²) in [6.45, 7) is 0. The van der Waals surface area contributed by atoms with Gasteiger partial charge in [0.05, 0.1) is 4.90 Å². The molecule has 0 radical (unpaired) electrons. The molecule has 0 bridgehead atoms. The lowest BCUT2D eigenvalue weighted by atomic mass is 10.2. The minimum Gasteiger partial charge on any atom is -0.384 e. The first kappa shape index (κ1) is 12.9. The van der Waals surface area contributed by atoms with Crippen molar-refractivity contribution >= 4 is 28.1 Å². The first-order valence-corrected chi connectivity index (χ1v) is 5.45. The average molecular weight is 235 g/mol. The van der Waals surface area contributed by atoms with Gasteiger partial charge in [-0.05, 0) is 12.1 Å². The molecule has 0 aliphatic rings. The summed E-state index contributed by atoms with van der Waals surface area (Å²) in [7, 11) is -3.16. The lowest BCUT2D eigenvalue weighted by molar-refractivity contribution is 0.602. The molecule has 0 saturated heterocycles. The summed E-state index contributed by atoms with van der Waals surface area (Å²) < 4.78 is 22.1. The number of sulfone groups is 1. The van der Waals surface area contributed by atoms with Gasteiger partial charge in [0.15, 0.2) is 9.84 Å². The van der Waals surface area contributed by atoms with Gasteiger partial charge in [-0.1, -0.05) is 12.1 Å². The molecule has 0 aliphatic heterocycles. The fourth-order valence-electron chi connectivity index (χ4n) is 0.882. The van der Waals surface area contributed by atoms with Gasteiger partial charge >= 0.3 is 0 Å². The monoisotopic (exact) mass is 234 g/mol. The van der Waals surface area contributed by atoms with Crippen LogP contribution in [0.15, 0.2) is 29.2 Å². The van der Waals surface area contributed by atoms with Crippen molar-refractivity contribution in [2.45, 2.75) is 4.90 Å². The second-order valence-electron chi connectivity index (χ2n) is 2.71. The van der Waals surface area contributed by atoms with Crippen molar-refractivity contribution < 1.29 is 8.42 Å². The Bertz CT molecular complexity index is 425. The minimum absolute atomic E-state index is 0. The maximum absolute atomic E-state index is 11.0. The molecule has 0 aliphatic carbocycles. The Morgan fingerprint density at radius 3 is 2.00 bits per heavy atom. The van der Waals surface area contributed by atoms with Crippen molar-refractivity contribution in [3.63, 3.8) is 0 Å². The highest BCUT2D eigenvalue weighted by Crippen LogP contribution is 2.09. The van der Waals surface area contributed by atoms with E-state index in [0.29, 0.717) is 5.56 Å². The highest BCUT2D eigenvalue weighted by atomic mass is 35.5. The molecule has 0 atom stereocenters. The smallest absolute Gasteiger partial charge is 0.175 e. The molecule has 0 fully saturated rings. The Hall–Kier alpha value is -1.07. The van der Waals surface area contributed by atoms with Gasteiger partial charge < -0.3 is 5.73 Å². The zero-order chi connectivity index (χ0) is 10.1. The van der Waals surface area contributed by atoms with E-state index in [1.807, 2.05) is 0 Å². The van der Waals surface area contributed by atoms with E-state index in [9.17, 15) is 8.42 Å². The van der Waals surface area contributed by atoms with Crippen LogP contribution in [-0.2, 0) is 9.84 Å². The van der Waals surface area contributed by atoms with Crippen molar-refractivity contribution in [2.24, 2.45) is 5.73 Å². The summed E-state index contributed by atoms with van der Waals surface area (Å²) >= 11 is 0. The second-order valence-corrected chi connectivity index (χ2v) is 4.73. The second kappa shape index (κ2) is 4.43. The maximum Gasteiger partial charge on any atom is 0.175 e. The Kier molecular flexibility index (Phi) is 4.09. The third kappa shape index (κ3) is 3.01. The first-order chi connectivity index (χ1) is 5.91. The van der Waals surface area contributed by atoms with Crippen molar-refractivity contribution in [2.75, 3.05) is 6.26 Å². The van der Waals surface area contributed by atoms with E-state index in [0.717, 1.165) is 6.26 Å². The van der Waals surface area contributed by atoms with Gasteiger partial charge in [-0.25, -0.2) is 8.42 Å². The summed E-state index contributed by atoms with van der Waals surface area (Å²) in [5, 5.41) is 7.09. The van der Waals surface area contributed by atoms with Crippen molar-refractivity contribution in [3.8, 4) is 0 Å². The number of benzene rings is 1. The molecule has 4 nitrogen and oxygen atoms in total. The van der Waals surface area contributed by atoms with Crippen LogP contribution in [0.25, 0.3) is 0 Å². The number of nitrogens with two attached hydrogens (primary N) is 1. The zero-order valence-electron chi connectivity index (χ0n) is 7.52. The minimum atomic E-state index is -3.16. The Balaban J connectivity index is 0.00000169. The van der Waals surface area contributed by atoms with Gasteiger partial charge in [0.1, 0.15) is 5.84 Å². The standard InChI is InChI=1S/C8H10N2O2S.ClH/c1-13(11,12)7-4-2-6(3-5-7)8(9)10;/h2-5H,1H3,(H3,9,10);1H. The molecule has 0 aromatic heterocycles. The zero-order valence-corrected chi connectivity index (χ0v) is 9.15. The number of hydrogen-bond acceptors (Lipinski definition) is 3. The Morgan fingerprint density at radius 2 is 1.71 bits per heavy atom. The molecule has 1 rings (SSSR count). The van der Waals surface area contributed by atoms with Gasteiger partial charge in [0.2, 0.25) is 0 Å². The van der Waals surface area contributed by atoms with E-state index < -0.39 is 9.84 Å². The maximum atomic E-state index is 11.0. The van der Waals surface area contributed by atoms with Crippen LogP contribution < -0.4 is 5.73 Å². The third-order valence-electron chi connectivity index (χ3n) is 1.59. The molecular formula is C8H11ClN2O2S. The summed E-state index contributed by atoms with van der Waals surface area (Å²) in [6.07, 6.45) is 1.13. The molecular weight excluding hydrogens is 224 g/mol. The number of nitrogen functional groups attached to an aromatic ring is 1. The van der Waals surface area contributed by atoms with Crippen LogP contribution in [-0.4, -0.2) is 20.5 Å². The quantitative estimate of drug-likeness (QED) is 0.586. The molecule has 0 spiro atoms. The van der Waals surface area contributed by atoms with E-state index in [1.54, 1.807) is 0 Å². The molecule has 6 heteroatoms. The fraction of sp³-hybridized carbons (Fsp3) is 0.125. The molecule has 0 unspecified atom stereocenters. The number of amidine groups is 1. The molecule has 0 amide bonds. The highest BCUT2D eigenvalue weighted by molar-refractivity contribution is 7.90. The molecule has 0 heterocycles. The van der Waals surface area contributed by atoms with Crippen LogP contribution in [0.3, 0.4) is 0 Å². The van der Waals surface area contributed by atoms with Crippen LogP contribution in [0.4, 0.5) is 0 Å². The van der Waals surface area contributed by atoms with Crippen LogP contribution in [0, 0.1) is 5.41 Å². The van der Waals surface area contributed by atoms with Crippen molar-refractivity contribution in [1.29, 1.82) is 5.41 Å². The van der Waals surface area contributed by atoms with E-state index >= 15 is 0 Å². The summed E-state index contributed by atoms with van der Waals surface area (Å²) in [6, 6.07) is 5.90. The SMILES string of the molecule is CS(=O)(=O)c1ccc(C(=N)N)cc1.Cl. The van der Waals surface area contributed by atoms with E-state index in [2.05, 4.69) is 0 Å². The van der Waals surface area contributed by atoms with Crippen molar-refractivity contribution in [1.82, 2.24) is 0 Å². The van der Waals surface area contributed by atoms with Crippen LogP contribution in [0.5, 0.6) is 0 Å². The molecule has 3 N–H and O–H groups in total. The number of hydrogen-bond donors (Lipinski definition) is 2. The predicted molar refractivity (Wildman–Crippen MR) is 57.8 cm³/mol. The van der Waals surface area contributed by atoms with Gasteiger partial charge in [-0.2, -0.15) is 0 Å². The van der Waals surface area contributed by atoms with Crippen LogP contribution in [0.1, 0.15) is 5.56 Å². The van der Waals surface area contributed by atoms with Crippen LogP contribution in [0.2, 0.25) is 0 Å². The van der Waals surface area contributed by atoms with Gasteiger partial charge in [-0.3, -0.25) is 5.41 Å². The predicted octanol–water partition coefficient (Wildman–Crippen LogP) is 0.796. The average Bonchev–Trinajstić information content (AvgIpc) is 2.03. The number of nitrogens with one attached hydrogen (secondary N) is 1. The molecule has 78 valence electrons. The van der Waals surface area contributed by atoms with E-state index in [4.69, 9.17) is 11.1 Å². The van der Waals surface area contributed by atoms with E-state index in [1.165, 1.54) is 24.3 Å². The fourth-order valence-corrected chi connectivity index (χ4v) is 1.51. The highest BCUT2D eigenvalue weighted by Gasteiger charge is 2.06. The van der Waals surface area contributed by atoms with Crippen molar-refractivity contribution in [3.05, 3.63) is 29.8 Å². The summed E-state index contributed by atoms with van der Waals surface area (Å²) in [4.78, 5) is 0.234. The number of rotatable bonds is 2. The normalized spacial score (nSPS) is 10.4. The van der Waals surface area contributed by atoms with Crippen LogP contribution >= 0.6 is 12.4 Å².